The summed E-state index contributed by atoms with van der Waals surface area (Å²) in [6.45, 7) is 1.34. The van der Waals surface area contributed by atoms with Crippen LogP contribution >= 0.6 is 11.8 Å². The van der Waals surface area contributed by atoms with Crippen LogP contribution in [0.25, 0.3) is 0 Å². The van der Waals surface area contributed by atoms with Gasteiger partial charge in [-0.05, 0) is 24.6 Å². The van der Waals surface area contributed by atoms with Gasteiger partial charge in [0.15, 0.2) is 5.16 Å². The van der Waals surface area contributed by atoms with Gasteiger partial charge in [-0.15, -0.1) is 10.2 Å². The summed E-state index contributed by atoms with van der Waals surface area (Å²) in [7, 11) is 1.96. The predicted octanol–water partition coefficient (Wildman–Crippen LogP) is 1.46. The quantitative estimate of drug-likeness (QED) is 0.811. The minimum Gasteiger partial charge on any atom is -0.330 e. The van der Waals surface area contributed by atoms with Crippen LogP contribution in [0.2, 0.25) is 0 Å². The van der Waals surface area contributed by atoms with Crippen molar-refractivity contribution in [1.29, 1.82) is 0 Å². The molecule has 1 amide bonds. The van der Waals surface area contributed by atoms with Gasteiger partial charge in [0, 0.05) is 37.9 Å². The standard InChI is InChI=1S/C16H21N5OS/c1-20-14(7-8-17)18-19-16(20)23-11-12-9-15(22)21(10-12)13-5-3-2-4-6-13/h2-6,12H,7-11,17H2,1H3. The molecule has 23 heavy (non-hydrogen) atoms. The maximum Gasteiger partial charge on any atom is 0.227 e. The molecule has 0 saturated carbocycles. The van der Waals surface area contributed by atoms with Crippen LogP contribution in [-0.4, -0.2) is 39.5 Å². The van der Waals surface area contributed by atoms with Crippen molar-refractivity contribution >= 4 is 23.4 Å². The monoisotopic (exact) mass is 331 g/mol. The number of hydrogen-bond acceptors (Lipinski definition) is 5. The second-order valence-corrected chi connectivity index (χ2v) is 6.70. The lowest BCUT2D eigenvalue weighted by Crippen LogP contribution is -2.24. The molecule has 0 spiro atoms. The van der Waals surface area contributed by atoms with E-state index in [1.165, 1.54) is 0 Å². The fourth-order valence-corrected chi connectivity index (χ4v) is 3.77. The van der Waals surface area contributed by atoms with Crippen molar-refractivity contribution < 1.29 is 4.79 Å². The molecule has 1 aliphatic heterocycles. The van der Waals surface area contributed by atoms with Gasteiger partial charge < -0.3 is 15.2 Å². The number of para-hydroxylation sites is 1. The summed E-state index contributed by atoms with van der Waals surface area (Å²) >= 11 is 1.66. The maximum absolute atomic E-state index is 12.2. The summed E-state index contributed by atoms with van der Waals surface area (Å²) in [5.74, 6) is 2.30. The van der Waals surface area contributed by atoms with Gasteiger partial charge in [-0.2, -0.15) is 0 Å². The van der Waals surface area contributed by atoms with Crippen LogP contribution in [0, 0.1) is 5.92 Å². The first-order valence-electron chi connectivity index (χ1n) is 7.75. The molecule has 0 radical (unpaired) electrons. The third-order valence-corrected chi connectivity index (χ3v) is 5.27. The minimum absolute atomic E-state index is 0.198. The Hall–Kier alpha value is -1.86. The highest BCUT2D eigenvalue weighted by atomic mass is 32.2. The lowest BCUT2D eigenvalue weighted by atomic mass is 10.1. The first kappa shape index (κ1) is 16.0. The Labute approximate surface area is 140 Å². The Kier molecular flexibility index (Phi) is 4.97. The number of rotatable bonds is 6. The Bertz CT molecular complexity index is 672. The molecule has 1 aromatic carbocycles. The molecule has 7 heteroatoms. The van der Waals surface area contributed by atoms with Crippen LogP contribution in [0.3, 0.4) is 0 Å². The first-order valence-corrected chi connectivity index (χ1v) is 8.74. The number of carbonyl (C=O) groups excluding carboxylic acids is 1. The molecule has 0 bridgehead atoms. The van der Waals surface area contributed by atoms with Crippen molar-refractivity contribution in [3.63, 3.8) is 0 Å². The Morgan fingerprint density at radius 2 is 2.09 bits per heavy atom. The van der Waals surface area contributed by atoms with Gasteiger partial charge in [-0.1, -0.05) is 30.0 Å². The van der Waals surface area contributed by atoms with Gasteiger partial charge in [-0.25, -0.2) is 0 Å². The van der Waals surface area contributed by atoms with Crippen molar-refractivity contribution in [2.24, 2.45) is 18.7 Å². The molecule has 1 aliphatic rings. The molecule has 1 aromatic heterocycles. The molecule has 0 aliphatic carbocycles. The minimum atomic E-state index is 0.198. The number of nitrogens with two attached hydrogens (primary N) is 1. The smallest absolute Gasteiger partial charge is 0.227 e. The fourth-order valence-electron chi connectivity index (χ4n) is 2.76. The molecule has 1 fully saturated rings. The van der Waals surface area contributed by atoms with E-state index in [-0.39, 0.29) is 5.91 Å². The summed E-state index contributed by atoms with van der Waals surface area (Å²) in [5.41, 5.74) is 6.55. The van der Waals surface area contributed by atoms with E-state index in [1.54, 1.807) is 11.8 Å². The Balaban J connectivity index is 1.59. The number of hydrogen-bond donors (Lipinski definition) is 1. The highest BCUT2D eigenvalue weighted by Crippen LogP contribution is 2.29. The van der Waals surface area contributed by atoms with Crippen molar-refractivity contribution in [3.8, 4) is 0 Å². The highest BCUT2D eigenvalue weighted by molar-refractivity contribution is 7.99. The highest BCUT2D eigenvalue weighted by Gasteiger charge is 2.30. The zero-order valence-electron chi connectivity index (χ0n) is 13.2. The maximum atomic E-state index is 12.2. The lowest BCUT2D eigenvalue weighted by Gasteiger charge is -2.16. The normalized spacial score (nSPS) is 17.9. The van der Waals surface area contributed by atoms with Gasteiger partial charge in [0.25, 0.3) is 0 Å². The first-order chi connectivity index (χ1) is 11.2. The van der Waals surface area contributed by atoms with Crippen molar-refractivity contribution in [2.75, 3.05) is 23.7 Å². The van der Waals surface area contributed by atoms with Crippen LogP contribution in [0.5, 0.6) is 0 Å². The van der Waals surface area contributed by atoms with Crippen LogP contribution < -0.4 is 10.6 Å². The third-order valence-electron chi connectivity index (χ3n) is 4.01. The number of aromatic nitrogens is 3. The van der Waals surface area contributed by atoms with E-state index >= 15 is 0 Å². The van der Waals surface area contributed by atoms with Crippen LogP contribution in [0.4, 0.5) is 5.69 Å². The number of amides is 1. The van der Waals surface area contributed by atoms with E-state index in [0.29, 0.717) is 18.9 Å². The summed E-state index contributed by atoms with van der Waals surface area (Å²) < 4.78 is 1.99. The summed E-state index contributed by atoms with van der Waals surface area (Å²) in [6.07, 6.45) is 1.32. The largest absolute Gasteiger partial charge is 0.330 e. The topological polar surface area (TPSA) is 77.0 Å². The second kappa shape index (κ2) is 7.14. The average molecular weight is 331 g/mol. The van der Waals surface area contributed by atoms with Gasteiger partial charge >= 0.3 is 0 Å². The van der Waals surface area contributed by atoms with E-state index in [4.69, 9.17) is 5.73 Å². The number of nitrogens with zero attached hydrogens (tertiary/aromatic N) is 4. The number of benzene rings is 1. The molecule has 1 saturated heterocycles. The second-order valence-electron chi connectivity index (χ2n) is 5.72. The Morgan fingerprint density at radius 3 is 2.83 bits per heavy atom. The molecular weight excluding hydrogens is 310 g/mol. The molecule has 1 atom stereocenters. The molecule has 2 aromatic rings. The summed E-state index contributed by atoms with van der Waals surface area (Å²) in [4.78, 5) is 14.1. The van der Waals surface area contributed by atoms with E-state index in [0.717, 1.165) is 35.4 Å². The van der Waals surface area contributed by atoms with Crippen LogP contribution in [0.1, 0.15) is 12.2 Å². The number of thioether (sulfide) groups is 1. The van der Waals surface area contributed by atoms with E-state index in [1.807, 2.05) is 46.8 Å². The third kappa shape index (κ3) is 3.56. The molecule has 3 rings (SSSR count). The van der Waals surface area contributed by atoms with Crippen molar-refractivity contribution in [2.45, 2.75) is 18.0 Å². The fraction of sp³-hybridized carbons (Fsp3) is 0.438. The predicted molar refractivity (Wildman–Crippen MR) is 91.4 cm³/mol. The number of carbonyl (C=O) groups is 1. The molecule has 122 valence electrons. The lowest BCUT2D eigenvalue weighted by molar-refractivity contribution is -0.117. The molecule has 6 nitrogen and oxygen atoms in total. The van der Waals surface area contributed by atoms with Crippen LogP contribution in [-0.2, 0) is 18.3 Å². The molecular formula is C16H21N5OS. The zero-order valence-corrected chi connectivity index (χ0v) is 14.0. The van der Waals surface area contributed by atoms with Gasteiger partial charge in [-0.3, -0.25) is 4.79 Å². The Morgan fingerprint density at radius 1 is 1.30 bits per heavy atom. The SMILES string of the molecule is Cn1c(CCN)nnc1SCC1CC(=O)N(c2ccccc2)C1. The van der Waals surface area contributed by atoms with Crippen LogP contribution in [0.15, 0.2) is 35.5 Å². The molecule has 1 unspecified atom stereocenters. The van der Waals surface area contributed by atoms with Gasteiger partial charge in [0.1, 0.15) is 5.82 Å². The zero-order chi connectivity index (χ0) is 16.2. The van der Waals surface area contributed by atoms with Crippen molar-refractivity contribution in [1.82, 2.24) is 14.8 Å². The molecule has 2 N–H and O–H groups in total. The van der Waals surface area contributed by atoms with Gasteiger partial charge in [0.2, 0.25) is 5.91 Å². The van der Waals surface area contributed by atoms with E-state index in [2.05, 4.69) is 10.2 Å². The van der Waals surface area contributed by atoms with E-state index < -0.39 is 0 Å². The van der Waals surface area contributed by atoms with Gasteiger partial charge in [0.05, 0.1) is 0 Å². The summed E-state index contributed by atoms with van der Waals surface area (Å²) in [6, 6.07) is 9.85. The van der Waals surface area contributed by atoms with E-state index in [9.17, 15) is 4.79 Å². The average Bonchev–Trinajstić information content (AvgIpc) is 3.10. The summed E-state index contributed by atoms with van der Waals surface area (Å²) in [5, 5.41) is 9.26. The molecule has 2 heterocycles. The number of anilines is 1. The van der Waals surface area contributed by atoms with Crippen molar-refractivity contribution in [3.05, 3.63) is 36.2 Å².